The van der Waals surface area contributed by atoms with E-state index in [1.54, 1.807) is 36.4 Å². The predicted octanol–water partition coefficient (Wildman–Crippen LogP) is 4.33. The summed E-state index contributed by atoms with van der Waals surface area (Å²) in [5.74, 6) is 0.0712. The normalized spacial score (nSPS) is 10.6. The highest BCUT2D eigenvalue weighted by molar-refractivity contribution is 5.91. The average molecular weight is 436 g/mol. The van der Waals surface area contributed by atoms with Crippen molar-refractivity contribution >= 4 is 17.9 Å². The lowest BCUT2D eigenvalue weighted by Gasteiger charge is -2.07. The summed E-state index contributed by atoms with van der Waals surface area (Å²) in [7, 11) is 0. The van der Waals surface area contributed by atoms with E-state index in [1.165, 1.54) is 18.3 Å². The number of hydrazone groups is 1. The van der Waals surface area contributed by atoms with Crippen LogP contribution in [-0.4, -0.2) is 21.1 Å². The molecule has 4 aromatic rings. The van der Waals surface area contributed by atoms with E-state index < -0.39 is 10.5 Å². The number of nitro benzene ring substituents is 1. The van der Waals surface area contributed by atoms with Crippen LogP contribution in [0.15, 0.2) is 88.8 Å². The van der Waals surface area contributed by atoms with Gasteiger partial charge in [-0.15, -0.1) is 0 Å². The molecule has 2 N–H and O–H groups in total. The van der Waals surface area contributed by atoms with Gasteiger partial charge in [-0.05, 0) is 11.1 Å². The number of H-pyrrole nitrogens is 1. The highest BCUT2D eigenvalue weighted by atomic mass is 16.6. The van der Waals surface area contributed by atoms with E-state index in [-0.39, 0.29) is 22.9 Å². The van der Waals surface area contributed by atoms with Crippen LogP contribution in [0.4, 0.5) is 11.6 Å². The van der Waals surface area contributed by atoms with Gasteiger partial charge in [-0.3, -0.25) is 19.9 Å². The molecule has 0 unspecified atom stereocenters. The van der Waals surface area contributed by atoms with Crippen molar-refractivity contribution in [3.05, 3.63) is 110 Å². The molecule has 3 aromatic carbocycles. The second-order valence-electron chi connectivity index (χ2n) is 6.88. The summed E-state index contributed by atoms with van der Waals surface area (Å²) in [6.45, 7) is 0. The van der Waals surface area contributed by atoms with E-state index >= 15 is 0 Å². The van der Waals surface area contributed by atoms with E-state index in [9.17, 15) is 20.2 Å². The van der Waals surface area contributed by atoms with Gasteiger partial charge in [-0.1, -0.05) is 66.7 Å². The number of aromatic amines is 1. The molecule has 160 valence electrons. The number of benzene rings is 3. The second kappa shape index (κ2) is 9.36. The number of nitro groups is 1. The fourth-order valence-electron chi connectivity index (χ4n) is 3.26. The van der Waals surface area contributed by atoms with Gasteiger partial charge in [0.25, 0.3) is 11.2 Å². The van der Waals surface area contributed by atoms with Crippen LogP contribution in [0.1, 0.15) is 11.1 Å². The largest absolute Gasteiger partial charge is 0.290 e. The zero-order valence-corrected chi connectivity index (χ0v) is 17.1. The number of nitrogens with zero attached hydrogens (tertiary/aromatic N) is 4. The Hall–Kier alpha value is -5.10. The minimum atomic E-state index is -0.582. The van der Waals surface area contributed by atoms with Gasteiger partial charge >= 0.3 is 0 Å². The first kappa shape index (κ1) is 21.1. The highest BCUT2D eigenvalue weighted by Gasteiger charge is 2.13. The third-order valence-electron chi connectivity index (χ3n) is 4.78. The topological polar surface area (TPSA) is 137 Å². The quantitative estimate of drug-likeness (QED) is 0.262. The second-order valence-corrected chi connectivity index (χ2v) is 6.88. The minimum Gasteiger partial charge on any atom is -0.290 e. The van der Waals surface area contributed by atoms with Gasteiger partial charge in [0.1, 0.15) is 11.6 Å². The van der Waals surface area contributed by atoms with Crippen molar-refractivity contribution in [3.8, 4) is 28.5 Å². The van der Waals surface area contributed by atoms with Crippen molar-refractivity contribution in [2.75, 3.05) is 5.43 Å². The minimum absolute atomic E-state index is 0.00911. The molecule has 1 aromatic heterocycles. The molecule has 9 nitrogen and oxygen atoms in total. The van der Waals surface area contributed by atoms with Crippen LogP contribution >= 0.6 is 0 Å². The van der Waals surface area contributed by atoms with Crippen LogP contribution in [0, 0.1) is 21.4 Å². The van der Waals surface area contributed by atoms with Gasteiger partial charge in [0.2, 0.25) is 5.95 Å². The molecule has 33 heavy (non-hydrogen) atoms. The molecule has 0 saturated heterocycles. The number of hydrogen-bond donors (Lipinski definition) is 2. The first-order valence-corrected chi connectivity index (χ1v) is 9.79. The summed E-state index contributed by atoms with van der Waals surface area (Å²) in [5.41, 5.74) is 5.00. The van der Waals surface area contributed by atoms with Crippen LogP contribution in [0.2, 0.25) is 0 Å². The summed E-state index contributed by atoms with van der Waals surface area (Å²) in [5, 5.41) is 24.6. The van der Waals surface area contributed by atoms with Gasteiger partial charge in [0.15, 0.2) is 0 Å². The molecule has 0 atom stereocenters. The zero-order chi connectivity index (χ0) is 23.2. The number of nitrogens with one attached hydrogen (secondary N) is 2. The summed E-state index contributed by atoms with van der Waals surface area (Å²) in [6, 6.07) is 24.4. The summed E-state index contributed by atoms with van der Waals surface area (Å²) < 4.78 is 0. The number of aromatic nitrogens is 2. The van der Waals surface area contributed by atoms with E-state index in [0.717, 1.165) is 5.56 Å². The van der Waals surface area contributed by atoms with E-state index in [1.807, 2.05) is 36.4 Å². The first-order valence-electron chi connectivity index (χ1n) is 9.79. The molecule has 0 aliphatic carbocycles. The number of non-ortho nitro benzene ring substituents is 1. The molecular weight excluding hydrogens is 420 g/mol. The fraction of sp³-hybridized carbons (Fsp3) is 0. The van der Waals surface area contributed by atoms with Crippen molar-refractivity contribution in [3.63, 3.8) is 0 Å². The van der Waals surface area contributed by atoms with Gasteiger partial charge in [0.05, 0.1) is 16.8 Å². The van der Waals surface area contributed by atoms with Gasteiger partial charge in [-0.2, -0.15) is 10.4 Å². The van der Waals surface area contributed by atoms with Crippen molar-refractivity contribution in [1.82, 2.24) is 9.97 Å². The highest BCUT2D eigenvalue weighted by Crippen LogP contribution is 2.26. The van der Waals surface area contributed by atoms with Crippen LogP contribution in [0.25, 0.3) is 22.4 Å². The molecule has 4 rings (SSSR count). The van der Waals surface area contributed by atoms with Crippen LogP contribution in [-0.2, 0) is 0 Å². The van der Waals surface area contributed by atoms with Crippen LogP contribution < -0.4 is 11.0 Å². The first-order chi connectivity index (χ1) is 16.1. The molecule has 0 saturated carbocycles. The molecule has 0 aliphatic rings. The lowest BCUT2D eigenvalue weighted by Crippen LogP contribution is -2.16. The van der Waals surface area contributed by atoms with Gasteiger partial charge in [-0.25, -0.2) is 10.4 Å². The Kier molecular flexibility index (Phi) is 6.00. The molecule has 0 amide bonds. The van der Waals surface area contributed by atoms with Gasteiger partial charge < -0.3 is 0 Å². The smallest absolute Gasteiger partial charge is 0.270 e. The lowest BCUT2D eigenvalue weighted by atomic mass is 10.00. The number of anilines is 1. The molecule has 0 fully saturated rings. The SMILES string of the molecule is N#Cc1c(-c2ccccc2)nc(NN=Cc2ccccc2-c2cccc([N+](=O)[O-])c2)[nH]c1=O. The summed E-state index contributed by atoms with van der Waals surface area (Å²) in [6.07, 6.45) is 1.52. The maximum absolute atomic E-state index is 12.4. The van der Waals surface area contributed by atoms with Crippen molar-refractivity contribution in [2.45, 2.75) is 0 Å². The predicted molar refractivity (Wildman–Crippen MR) is 125 cm³/mol. The standard InChI is InChI=1S/C24H16N6O3/c25-14-21-22(16-7-2-1-3-8-16)27-24(28-23(21)31)29-26-15-18-9-4-5-12-20(18)17-10-6-11-19(13-17)30(32)33/h1-13,15H,(H2,27,28,29,31). The Morgan fingerprint density at radius 3 is 2.52 bits per heavy atom. The third-order valence-corrected chi connectivity index (χ3v) is 4.78. The van der Waals surface area contributed by atoms with Crippen LogP contribution in [0.5, 0.6) is 0 Å². The van der Waals surface area contributed by atoms with E-state index in [4.69, 9.17) is 0 Å². The lowest BCUT2D eigenvalue weighted by molar-refractivity contribution is -0.384. The Bertz CT molecular complexity index is 1460. The van der Waals surface area contributed by atoms with Crippen LogP contribution in [0.3, 0.4) is 0 Å². The van der Waals surface area contributed by atoms with E-state index in [2.05, 4.69) is 20.5 Å². The number of nitriles is 1. The number of rotatable bonds is 6. The van der Waals surface area contributed by atoms with Gasteiger partial charge in [0, 0.05) is 23.3 Å². The molecule has 0 aliphatic heterocycles. The average Bonchev–Trinajstić information content (AvgIpc) is 2.84. The molecule has 0 bridgehead atoms. The molecular formula is C24H16N6O3. The summed E-state index contributed by atoms with van der Waals surface area (Å²) in [4.78, 5) is 29.9. The Morgan fingerprint density at radius 2 is 1.76 bits per heavy atom. The summed E-state index contributed by atoms with van der Waals surface area (Å²) >= 11 is 0. The monoisotopic (exact) mass is 436 g/mol. The Morgan fingerprint density at radius 1 is 1.03 bits per heavy atom. The molecule has 1 heterocycles. The van der Waals surface area contributed by atoms with Crippen molar-refractivity contribution in [2.24, 2.45) is 5.10 Å². The number of hydrogen-bond acceptors (Lipinski definition) is 7. The third kappa shape index (κ3) is 4.65. The maximum atomic E-state index is 12.4. The van der Waals surface area contributed by atoms with Crippen molar-refractivity contribution in [1.29, 1.82) is 5.26 Å². The molecule has 9 heteroatoms. The Labute approximate surface area is 187 Å². The van der Waals surface area contributed by atoms with E-state index in [0.29, 0.717) is 16.7 Å². The molecule has 0 spiro atoms. The Balaban J connectivity index is 1.65. The molecule has 0 radical (unpaired) electrons. The zero-order valence-electron chi connectivity index (χ0n) is 17.1. The van der Waals surface area contributed by atoms with Crippen molar-refractivity contribution < 1.29 is 4.92 Å². The fourth-order valence-corrected chi connectivity index (χ4v) is 3.26. The maximum Gasteiger partial charge on any atom is 0.270 e.